The normalized spacial score (nSPS) is 13.6. The topological polar surface area (TPSA) is 9.72 Å². The number of nitrogens with zero attached hydrogens (tertiary/aromatic N) is 3. The fourth-order valence-corrected chi connectivity index (χ4v) is 22.1. The van der Waals surface area contributed by atoms with Crippen LogP contribution in [0.3, 0.4) is 0 Å². The molecule has 0 amide bonds. The van der Waals surface area contributed by atoms with Gasteiger partial charge in [0.05, 0.1) is 0 Å². The van der Waals surface area contributed by atoms with Crippen molar-refractivity contribution < 1.29 is 0 Å². The van der Waals surface area contributed by atoms with E-state index in [1.54, 1.807) is 0 Å². The minimum absolute atomic E-state index is 0.0147. The van der Waals surface area contributed by atoms with Crippen molar-refractivity contribution in [3.63, 3.8) is 0 Å². The Labute approximate surface area is 532 Å². The summed E-state index contributed by atoms with van der Waals surface area (Å²) < 4.78 is 0. The van der Waals surface area contributed by atoms with Crippen LogP contribution in [0.4, 0.5) is 34.1 Å². The summed E-state index contributed by atoms with van der Waals surface area (Å²) in [5.41, 5.74) is 33.2. The fourth-order valence-electron chi connectivity index (χ4n) is 17.3. The van der Waals surface area contributed by atoms with E-state index in [0.717, 1.165) is 0 Å². The van der Waals surface area contributed by atoms with Crippen LogP contribution < -0.4 is 68.0 Å². The molecule has 6 heterocycles. The Morgan fingerprint density at radius 1 is 0.176 bits per heavy atom. The Morgan fingerprint density at radius 2 is 0.429 bits per heavy atom. The number of hydrogen-bond donors (Lipinski definition) is 0. The van der Waals surface area contributed by atoms with Crippen LogP contribution >= 0.6 is 0 Å². The van der Waals surface area contributed by atoms with E-state index >= 15 is 0 Å². The van der Waals surface area contributed by atoms with Gasteiger partial charge in [-0.25, -0.2) is 0 Å². The number of para-hydroxylation sites is 6. The molecule has 0 aromatic heterocycles. The lowest BCUT2D eigenvalue weighted by atomic mass is 9.43. The van der Waals surface area contributed by atoms with Crippen LogP contribution in [-0.2, 0) is 0 Å². The van der Waals surface area contributed by atoms with Gasteiger partial charge in [-0.05, 0) is 140 Å². The molecular weight excluding hydrogens is 1110 g/mol. The summed E-state index contributed by atoms with van der Waals surface area (Å²) >= 11 is 0. The monoisotopic (exact) mass is 1170 g/mol. The molecule has 14 aromatic rings. The average molecular weight is 1170 g/mol. The van der Waals surface area contributed by atoms with Crippen molar-refractivity contribution >= 4 is 116 Å². The minimum Gasteiger partial charge on any atom is -0.376 e. The third-order valence-corrected chi connectivity index (χ3v) is 25.8. The van der Waals surface area contributed by atoms with Crippen molar-refractivity contribution in [2.45, 2.75) is 0 Å². The standard InChI is InChI=1S/C84H54B3N3Si/c1-2-22-57(23-3-1)91(59-47-50-77-71(53-59)68-31-11-20-40-83(68)89-80-37-17-8-28-65(80)62-25-5-14-34-74(62)86(77)89,60-48-51-78-72(54-60)69-32-12-21-41-84(69)90-81-38-18-9-29-66(81)63-26-6-15-35-75(63)87(78)90)58-45-42-55(43-46-58)56-44-49-76-70(52-56)67-30-10-19-39-82(67)88-79-36-16-7-27-64(79)61-24-4-13-33-73(61)85(76)88/h1-54H. The zero-order valence-electron chi connectivity index (χ0n) is 49.8. The summed E-state index contributed by atoms with van der Waals surface area (Å²) in [5, 5.41) is 5.39. The van der Waals surface area contributed by atoms with Crippen molar-refractivity contribution in [2.75, 3.05) is 14.4 Å². The van der Waals surface area contributed by atoms with Crippen LogP contribution in [0.5, 0.6) is 0 Å². The smallest absolute Gasteiger partial charge is 0.329 e. The molecule has 6 aliphatic heterocycles. The third-order valence-electron chi connectivity index (χ3n) is 21.0. The summed E-state index contributed by atoms with van der Waals surface area (Å²) in [4.78, 5) is 7.82. The van der Waals surface area contributed by atoms with E-state index in [2.05, 4.69) is 342 Å². The highest BCUT2D eigenvalue weighted by Gasteiger charge is 2.49. The highest BCUT2D eigenvalue weighted by Crippen LogP contribution is 2.49. The summed E-state index contributed by atoms with van der Waals surface area (Å²) in [6, 6.07) is 126. The van der Waals surface area contributed by atoms with Gasteiger partial charge in [-0.15, -0.1) is 0 Å². The van der Waals surface area contributed by atoms with Gasteiger partial charge in [0.15, 0.2) is 8.07 Å². The van der Waals surface area contributed by atoms with Crippen molar-refractivity contribution in [1.29, 1.82) is 0 Å². The van der Waals surface area contributed by atoms with Gasteiger partial charge in [0.2, 0.25) is 0 Å². The Kier molecular flexibility index (Phi) is 10.9. The summed E-state index contributed by atoms with van der Waals surface area (Å²) in [6.45, 7) is 0.00819. The van der Waals surface area contributed by atoms with Crippen molar-refractivity contribution in [3.8, 4) is 77.9 Å². The van der Waals surface area contributed by atoms with Gasteiger partial charge in [0.1, 0.15) is 0 Å². The van der Waals surface area contributed by atoms with Gasteiger partial charge in [0.25, 0.3) is 0 Å². The molecule has 0 spiro atoms. The molecule has 0 bridgehead atoms. The average Bonchev–Trinajstić information content (AvgIpc) is 0.740. The lowest BCUT2D eigenvalue weighted by Gasteiger charge is -2.44. The Bertz CT molecular complexity index is 5200. The molecule has 0 atom stereocenters. The maximum atomic E-state index is 2.64. The molecule has 6 aliphatic rings. The van der Waals surface area contributed by atoms with E-state index < -0.39 is 8.07 Å². The number of hydrogen-bond acceptors (Lipinski definition) is 3. The van der Waals surface area contributed by atoms with Gasteiger partial charge in [-0.2, -0.15) is 0 Å². The maximum Gasteiger partial charge on any atom is 0.329 e. The molecule has 91 heavy (non-hydrogen) atoms. The van der Waals surface area contributed by atoms with E-state index in [1.165, 1.54) is 166 Å². The number of fused-ring (bicyclic) bond motifs is 33. The van der Waals surface area contributed by atoms with Gasteiger partial charge in [0, 0.05) is 67.5 Å². The Balaban J connectivity index is 0.809. The van der Waals surface area contributed by atoms with Gasteiger partial charge >= 0.3 is 20.5 Å². The van der Waals surface area contributed by atoms with Crippen LogP contribution in [0, 0.1) is 0 Å². The second-order valence-corrected chi connectivity index (χ2v) is 29.1. The zero-order valence-corrected chi connectivity index (χ0v) is 50.8. The van der Waals surface area contributed by atoms with Crippen LogP contribution in [-0.4, -0.2) is 28.6 Å². The van der Waals surface area contributed by atoms with Crippen molar-refractivity contribution in [2.24, 2.45) is 0 Å². The number of rotatable bonds is 5. The maximum absolute atomic E-state index is 3.32. The first-order chi connectivity index (χ1) is 45.2. The van der Waals surface area contributed by atoms with Crippen LogP contribution in [0.2, 0.25) is 0 Å². The first-order valence-electron chi connectivity index (χ1n) is 32.0. The van der Waals surface area contributed by atoms with E-state index in [0.29, 0.717) is 0 Å². The number of benzene rings is 14. The molecule has 0 N–H and O–H groups in total. The molecule has 7 heteroatoms. The van der Waals surface area contributed by atoms with E-state index in [9.17, 15) is 0 Å². The van der Waals surface area contributed by atoms with Crippen molar-refractivity contribution in [1.82, 2.24) is 0 Å². The predicted octanol–water partition coefficient (Wildman–Crippen LogP) is 13.4. The molecule has 20 rings (SSSR count). The van der Waals surface area contributed by atoms with E-state index in [1.807, 2.05) is 0 Å². The molecule has 418 valence electrons. The lowest BCUT2D eigenvalue weighted by molar-refractivity contribution is 1.35. The minimum atomic E-state index is -3.32. The Hall–Kier alpha value is -11.1. The van der Waals surface area contributed by atoms with Gasteiger partial charge in [-0.3, -0.25) is 0 Å². The summed E-state index contributed by atoms with van der Waals surface area (Å²) in [7, 11) is -3.32. The van der Waals surface area contributed by atoms with E-state index in [-0.39, 0.29) is 20.5 Å². The third kappa shape index (κ3) is 7.07. The van der Waals surface area contributed by atoms with E-state index in [4.69, 9.17) is 0 Å². The molecule has 0 unspecified atom stereocenters. The molecule has 0 fully saturated rings. The molecule has 0 radical (unpaired) electrons. The van der Waals surface area contributed by atoms with Crippen molar-refractivity contribution in [3.05, 3.63) is 328 Å². The predicted molar refractivity (Wildman–Crippen MR) is 389 cm³/mol. The second-order valence-electron chi connectivity index (χ2n) is 25.3. The highest BCUT2D eigenvalue weighted by atomic mass is 28.3. The Morgan fingerprint density at radius 3 is 0.802 bits per heavy atom. The first kappa shape index (κ1) is 50.8. The molecular formula is C84H54B3N3Si. The van der Waals surface area contributed by atoms with Crippen LogP contribution in [0.25, 0.3) is 77.9 Å². The van der Waals surface area contributed by atoms with Gasteiger partial charge in [-0.1, -0.05) is 285 Å². The first-order valence-corrected chi connectivity index (χ1v) is 34.0. The van der Waals surface area contributed by atoms with Crippen LogP contribution in [0.15, 0.2) is 328 Å². The quantitative estimate of drug-likeness (QED) is 0.126. The number of anilines is 6. The van der Waals surface area contributed by atoms with Gasteiger partial charge < -0.3 is 14.4 Å². The van der Waals surface area contributed by atoms with Crippen LogP contribution in [0.1, 0.15) is 0 Å². The summed E-state index contributed by atoms with van der Waals surface area (Å²) in [6.07, 6.45) is 0. The largest absolute Gasteiger partial charge is 0.376 e. The highest BCUT2D eigenvalue weighted by molar-refractivity contribution is 7.20. The molecule has 0 saturated carbocycles. The molecule has 14 aromatic carbocycles. The molecule has 0 aliphatic carbocycles. The lowest BCUT2D eigenvalue weighted by Crippen LogP contribution is -2.75. The zero-order chi connectivity index (χ0) is 59.5. The second kappa shape index (κ2) is 19.4. The SMILES string of the molecule is c1ccc([Si](c2ccc(-c3ccc4c(c3)-c3ccccc3N3B4c4ccccc4-c4ccccc43)cc2)(c2ccc3c(c2)-c2ccccc2N2B3c3ccccc3-c3ccccc32)c2ccc3c(c2)-c2ccccc2N2B3c3ccccc3-c3ccccc32)cc1. The summed E-state index contributed by atoms with van der Waals surface area (Å²) in [5.74, 6) is 0. The molecule has 0 saturated heterocycles. The fraction of sp³-hybridized carbons (Fsp3) is 0. The molecule has 3 nitrogen and oxygen atoms in total.